The van der Waals surface area contributed by atoms with Gasteiger partial charge in [-0.1, -0.05) is 46.0 Å². The molecular formula is C27H41BO4. The summed E-state index contributed by atoms with van der Waals surface area (Å²) >= 11 is 0. The lowest BCUT2D eigenvalue weighted by atomic mass is 9.44. The number of carbonyl (C=O) groups excluding carboxylic acids is 2. The molecule has 0 bridgehead atoms. The maximum Gasteiger partial charge on any atom is 0.461 e. The first-order valence-corrected chi connectivity index (χ1v) is 13.7. The maximum absolute atomic E-state index is 13.5. The topological polar surface area (TPSA) is 52.6 Å². The number of ketones is 2. The first kappa shape index (κ1) is 21.8. The molecule has 5 heteroatoms. The lowest BCUT2D eigenvalue weighted by Gasteiger charge is -2.61. The van der Waals surface area contributed by atoms with Gasteiger partial charge in [-0.15, -0.1) is 0 Å². The number of hydrogen-bond acceptors (Lipinski definition) is 4. The smallest absolute Gasteiger partial charge is 0.403 e. The van der Waals surface area contributed by atoms with Crippen LogP contribution in [0, 0.1) is 34.5 Å². The quantitative estimate of drug-likeness (QED) is 0.486. The van der Waals surface area contributed by atoms with Gasteiger partial charge in [0.1, 0.15) is 11.4 Å². The molecule has 6 rings (SSSR count). The first-order chi connectivity index (χ1) is 15.4. The third kappa shape index (κ3) is 2.95. The van der Waals surface area contributed by atoms with Crippen LogP contribution in [0.5, 0.6) is 0 Å². The number of fused-ring (bicyclic) bond motifs is 6. The van der Waals surface area contributed by atoms with Crippen molar-refractivity contribution >= 4 is 18.7 Å². The molecule has 4 nitrogen and oxygen atoms in total. The van der Waals surface area contributed by atoms with E-state index in [0.717, 1.165) is 38.5 Å². The number of Topliss-reactive ketones (excluding diaryl/α,β-unsaturated/α-hetero) is 2. The Morgan fingerprint density at radius 2 is 1.66 bits per heavy atom. The number of carbonyl (C=O) groups is 2. The molecule has 5 saturated carbocycles. The third-order valence-electron chi connectivity index (χ3n) is 11.8. The molecule has 6 fully saturated rings. The van der Waals surface area contributed by atoms with Gasteiger partial charge in [-0.2, -0.15) is 0 Å². The van der Waals surface area contributed by atoms with Crippen LogP contribution in [0.2, 0.25) is 5.82 Å². The van der Waals surface area contributed by atoms with Crippen molar-refractivity contribution < 1.29 is 18.9 Å². The van der Waals surface area contributed by atoms with Crippen molar-refractivity contribution in [3.05, 3.63) is 0 Å². The molecule has 1 aliphatic heterocycles. The van der Waals surface area contributed by atoms with Gasteiger partial charge in [-0.3, -0.25) is 9.59 Å². The Morgan fingerprint density at radius 3 is 2.47 bits per heavy atom. The van der Waals surface area contributed by atoms with Gasteiger partial charge in [-0.25, -0.2) is 0 Å². The SMILES string of the molecule is C[C@]12CCC(=O)C[C@H]1CC[C@@H]1[C@@H]2CC[C@@]2(C)[C@H]1CC[C@@]21OB(C2CCCCC2)OCC1=O. The van der Waals surface area contributed by atoms with Crippen molar-refractivity contribution in [1.82, 2.24) is 0 Å². The summed E-state index contributed by atoms with van der Waals surface area (Å²) in [6, 6.07) is 0. The molecule has 32 heavy (non-hydrogen) atoms. The summed E-state index contributed by atoms with van der Waals surface area (Å²) in [6.45, 7) is 5.16. The van der Waals surface area contributed by atoms with E-state index >= 15 is 0 Å². The van der Waals surface area contributed by atoms with Gasteiger partial charge in [0.15, 0.2) is 5.78 Å². The van der Waals surface area contributed by atoms with E-state index in [1.54, 1.807) is 0 Å². The van der Waals surface area contributed by atoms with Gasteiger partial charge in [0.25, 0.3) is 0 Å². The third-order valence-corrected chi connectivity index (χ3v) is 11.8. The fraction of sp³-hybridized carbons (Fsp3) is 0.926. The minimum atomic E-state index is -0.622. The Hall–Kier alpha value is -0.675. The first-order valence-electron chi connectivity index (χ1n) is 13.7. The predicted octanol–water partition coefficient (Wildman–Crippen LogP) is 5.78. The fourth-order valence-corrected chi connectivity index (χ4v) is 9.91. The molecule has 1 heterocycles. The molecule has 1 saturated heterocycles. The van der Waals surface area contributed by atoms with Gasteiger partial charge in [0.2, 0.25) is 0 Å². The standard InChI is InChI=1S/C27H41BO4/c1-25-13-10-20(29)16-18(25)8-9-21-22(25)11-14-26(2)23(21)12-15-27(26)24(30)17-31-28(32-27)19-6-4-3-5-7-19/h18-19,21-23H,3-17H2,1-2H3/t18-,21-,22+,23+,25+,26+,27+/m1/s1. The highest BCUT2D eigenvalue weighted by Gasteiger charge is 2.69. The van der Waals surface area contributed by atoms with E-state index in [9.17, 15) is 9.59 Å². The Bertz CT molecular complexity index is 793. The van der Waals surface area contributed by atoms with Gasteiger partial charge >= 0.3 is 7.12 Å². The summed E-state index contributed by atoms with van der Waals surface area (Å²) in [4.78, 5) is 25.7. The van der Waals surface area contributed by atoms with Crippen LogP contribution in [0.15, 0.2) is 0 Å². The van der Waals surface area contributed by atoms with Gasteiger partial charge in [0, 0.05) is 18.3 Å². The van der Waals surface area contributed by atoms with E-state index in [0.29, 0.717) is 40.7 Å². The summed E-state index contributed by atoms with van der Waals surface area (Å²) in [7, 11) is -0.182. The second-order valence-corrected chi connectivity index (χ2v) is 12.8. The molecule has 0 unspecified atom stereocenters. The van der Waals surface area contributed by atoms with Crippen LogP contribution in [-0.4, -0.2) is 30.9 Å². The second-order valence-electron chi connectivity index (χ2n) is 12.8. The van der Waals surface area contributed by atoms with E-state index in [-0.39, 0.29) is 24.9 Å². The Labute approximate surface area is 194 Å². The van der Waals surface area contributed by atoms with E-state index in [1.807, 2.05) is 0 Å². The largest absolute Gasteiger partial charge is 0.461 e. The monoisotopic (exact) mass is 440 g/mol. The zero-order valence-corrected chi connectivity index (χ0v) is 20.2. The van der Waals surface area contributed by atoms with E-state index in [1.165, 1.54) is 51.4 Å². The van der Waals surface area contributed by atoms with Gasteiger partial charge < -0.3 is 9.31 Å². The van der Waals surface area contributed by atoms with Crippen molar-refractivity contribution in [2.75, 3.05) is 6.61 Å². The lowest BCUT2D eigenvalue weighted by Crippen LogP contribution is -2.64. The van der Waals surface area contributed by atoms with Gasteiger partial charge in [-0.05, 0) is 79.8 Å². The minimum Gasteiger partial charge on any atom is -0.403 e. The molecule has 0 amide bonds. The second kappa shape index (κ2) is 7.67. The molecule has 6 aliphatic rings. The lowest BCUT2D eigenvalue weighted by molar-refractivity contribution is -0.177. The molecule has 176 valence electrons. The summed E-state index contributed by atoms with van der Waals surface area (Å²) in [5.41, 5.74) is -0.363. The van der Waals surface area contributed by atoms with Crippen molar-refractivity contribution in [3.63, 3.8) is 0 Å². The van der Waals surface area contributed by atoms with E-state index < -0.39 is 5.60 Å². The highest BCUT2D eigenvalue weighted by atomic mass is 16.6. The van der Waals surface area contributed by atoms with Crippen LogP contribution in [0.4, 0.5) is 0 Å². The highest BCUT2D eigenvalue weighted by Crippen LogP contribution is 2.69. The molecule has 0 aromatic carbocycles. The van der Waals surface area contributed by atoms with Crippen LogP contribution in [0.3, 0.4) is 0 Å². The summed E-state index contributed by atoms with van der Waals surface area (Å²) in [5.74, 6) is 3.73. The Balaban J connectivity index is 1.27. The van der Waals surface area contributed by atoms with Crippen molar-refractivity contribution in [2.24, 2.45) is 34.5 Å². The Morgan fingerprint density at radius 1 is 0.875 bits per heavy atom. The molecule has 0 radical (unpaired) electrons. The minimum absolute atomic E-state index is 0.0599. The van der Waals surface area contributed by atoms with E-state index in [2.05, 4.69) is 13.8 Å². The van der Waals surface area contributed by atoms with Crippen LogP contribution in [0.1, 0.15) is 104 Å². The predicted molar refractivity (Wildman–Crippen MR) is 124 cm³/mol. The van der Waals surface area contributed by atoms with E-state index in [4.69, 9.17) is 9.31 Å². The molecule has 0 aromatic heterocycles. The normalized spacial score (nSPS) is 49.6. The Kier molecular flexibility index (Phi) is 5.23. The summed E-state index contributed by atoms with van der Waals surface area (Å²) < 4.78 is 12.9. The zero-order valence-electron chi connectivity index (χ0n) is 20.2. The summed E-state index contributed by atoms with van der Waals surface area (Å²) in [5, 5.41) is 0. The number of rotatable bonds is 1. The number of hydrogen-bond donors (Lipinski definition) is 0. The maximum atomic E-state index is 13.5. The van der Waals surface area contributed by atoms with Crippen LogP contribution in [0.25, 0.3) is 0 Å². The van der Waals surface area contributed by atoms with Crippen LogP contribution < -0.4 is 0 Å². The highest BCUT2D eigenvalue weighted by molar-refractivity contribution is 6.48. The molecular weight excluding hydrogens is 399 g/mol. The van der Waals surface area contributed by atoms with Crippen molar-refractivity contribution in [2.45, 2.75) is 115 Å². The fourth-order valence-electron chi connectivity index (χ4n) is 9.91. The molecule has 1 spiro atoms. The molecule has 7 atom stereocenters. The molecule has 5 aliphatic carbocycles. The van der Waals surface area contributed by atoms with Crippen LogP contribution >= 0.6 is 0 Å². The molecule has 0 aromatic rings. The average molecular weight is 440 g/mol. The van der Waals surface area contributed by atoms with Crippen molar-refractivity contribution in [3.8, 4) is 0 Å². The summed E-state index contributed by atoms with van der Waals surface area (Å²) in [6.07, 6.45) is 15.6. The van der Waals surface area contributed by atoms with Gasteiger partial charge in [0.05, 0.1) is 6.61 Å². The van der Waals surface area contributed by atoms with Crippen molar-refractivity contribution in [1.29, 1.82) is 0 Å². The molecule has 0 N–H and O–H groups in total. The van der Waals surface area contributed by atoms with Crippen LogP contribution in [-0.2, 0) is 18.9 Å². The average Bonchev–Trinajstić information content (AvgIpc) is 3.09. The zero-order chi connectivity index (χ0) is 22.1.